The number of Topliss-reactive ketones (excluding diaryl/α,β-unsaturated/α-hetero) is 1. The van der Waals surface area contributed by atoms with Crippen molar-refractivity contribution in [2.45, 2.75) is 57.4 Å². The van der Waals surface area contributed by atoms with Gasteiger partial charge < -0.3 is 9.42 Å². The summed E-state index contributed by atoms with van der Waals surface area (Å²) in [7, 11) is 0. The van der Waals surface area contributed by atoms with E-state index in [-0.39, 0.29) is 6.04 Å². The maximum absolute atomic E-state index is 13.1. The Bertz CT molecular complexity index is 1310. The molecule has 0 amide bonds. The zero-order valence-corrected chi connectivity index (χ0v) is 19.3. The SMILES string of the molecule is Cc1nc(-c2cnc3nc(N4CCC[C@@H]4C(=O)CCc4ccccc4)sc3c2C2CC2)no1. The van der Waals surface area contributed by atoms with Crippen LogP contribution in [0.5, 0.6) is 0 Å². The Labute approximate surface area is 195 Å². The average molecular weight is 460 g/mol. The molecule has 0 radical (unpaired) electrons. The van der Waals surface area contributed by atoms with Gasteiger partial charge in [0.15, 0.2) is 16.6 Å². The maximum atomic E-state index is 13.1. The summed E-state index contributed by atoms with van der Waals surface area (Å²) in [5.41, 5.74) is 4.13. The van der Waals surface area contributed by atoms with E-state index in [0.717, 1.165) is 59.7 Å². The van der Waals surface area contributed by atoms with Crippen LogP contribution < -0.4 is 4.90 Å². The van der Waals surface area contributed by atoms with Crippen LogP contribution in [0.1, 0.15) is 55.0 Å². The van der Waals surface area contributed by atoms with Gasteiger partial charge in [0.25, 0.3) is 0 Å². The third kappa shape index (κ3) is 3.93. The van der Waals surface area contributed by atoms with Crippen LogP contribution in [0.2, 0.25) is 0 Å². The molecule has 0 spiro atoms. The van der Waals surface area contributed by atoms with Crippen LogP contribution in [0.15, 0.2) is 41.1 Å². The van der Waals surface area contributed by atoms with E-state index in [0.29, 0.717) is 29.8 Å². The molecule has 33 heavy (non-hydrogen) atoms. The summed E-state index contributed by atoms with van der Waals surface area (Å²) in [4.78, 5) is 29.3. The minimum atomic E-state index is -0.0991. The van der Waals surface area contributed by atoms with Crippen LogP contribution in [0.3, 0.4) is 0 Å². The number of thiazole rings is 1. The van der Waals surface area contributed by atoms with Gasteiger partial charge in [-0.15, -0.1) is 0 Å². The Morgan fingerprint density at radius 3 is 2.79 bits per heavy atom. The first-order valence-electron chi connectivity index (χ1n) is 11.6. The monoisotopic (exact) mass is 459 g/mol. The first kappa shape index (κ1) is 20.5. The smallest absolute Gasteiger partial charge is 0.223 e. The molecule has 1 saturated carbocycles. The number of carbonyl (C=O) groups excluding carboxylic acids is 1. The lowest BCUT2D eigenvalue weighted by atomic mass is 10.0. The normalized spacial score (nSPS) is 18.3. The van der Waals surface area contributed by atoms with Crippen molar-refractivity contribution in [1.29, 1.82) is 0 Å². The summed E-state index contributed by atoms with van der Waals surface area (Å²) in [5.74, 6) is 1.92. The molecule has 4 aromatic rings. The molecule has 1 saturated heterocycles. The van der Waals surface area contributed by atoms with E-state index in [1.807, 2.05) is 24.4 Å². The topological polar surface area (TPSA) is 85.0 Å². The molecule has 7 nitrogen and oxygen atoms in total. The summed E-state index contributed by atoms with van der Waals surface area (Å²) in [6.45, 7) is 2.66. The zero-order valence-electron chi connectivity index (χ0n) is 18.5. The number of hydrogen-bond acceptors (Lipinski definition) is 8. The number of carbonyl (C=O) groups is 1. The van der Waals surface area contributed by atoms with Gasteiger partial charge in [-0.3, -0.25) is 4.79 Å². The third-order valence-electron chi connectivity index (χ3n) is 6.58. The highest BCUT2D eigenvalue weighted by atomic mass is 32.1. The lowest BCUT2D eigenvalue weighted by Gasteiger charge is -2.22. The predicted octanol–water partition coefficient (Wildman–Crippen LogP) is 5.10. The standard InChI is InChI=1S/C25H25N5O2S/c1-15-27-23(29-32-15)18-14-26-24-22(21(18)17-10-11-17)33-25(28-24)30-13-5-8-19(30)20(31)12-9-16-6-3-2-4-7-16/h2-4,6-7,14,17,19H,5,8-13H2,1H3/t19-/m1/s1. The van der Waals surface area contributed by atoms with Crippen molar-refractivity contribution >= 4 is 32.6 Å². The molecule has 6 rings (SSSR count). The quantitative estimate of drug-likeness (QED) is 0.380. The summed E-state index contributed by atoms with van der Waals surface area (Å²) in [6, 6.07) is 10.1. The highest BCUT2D eigenvalue weighted by Gasteiger charge is 2.35. The van der Waals surface area contributed by atoms with Gasteiger partial charge in [0, 0.05) is 31.6 Å². The second kappa shape index (κ2) is 8.33. The van der Waals surface area contributed by atoms with Crippen LogP contribution in [0, 0.1) is 6.92 Å². The van der Waals surface area contributed by atoms with Crippen LogP contribution in [0.25, 0.3) is 21.7 Å². The van der Waals surface area contributed by atoms with E-state index in [1.165, 1.54) is 11.1 Å². The lowest BCUT2D eigenvalue weighted by molar-refractivity contribution is -0.120. The molecule has 0 unspecified atom stereocenters. The fourth-order valence-electron chi connectivity index (χ4n) is 4.78. The minimum Gasteiger partial charge on any atom is -0.339 e. The molecule has 0 bridgehead atoms. The number of anilines is 1. The number of nitrogens with zero attached hydrogens (tertiary/aromatic N) is 5. The first-order valence-corrected chi connectivity index (χ1v) is 12.4. The second-order valence-electron chi connectivity index (χ2n) is 8.95. The molecule has 4 heterocycles. The van der Waals surface area contributed by atoms with Crippen molar-refractivity contribution in [2.75, 3.05) is 11.4 Å². The average Bonchev–Trinajstić information content (AvgIpc) is 3.21. The number of benzene rings is 1. The van der Waals surface area contributed by atoms with Gasteiger partial charge >= 0.3 is 0 Å². The highest BCUT2D eigenvalue weighted by Crippen LogP contribution is 2.49. The Morgan fingerprint density at radius 1 is 1.18 bits per heavy atom. The van der Waals surface area contributed by atoms with Crippen molar-refractivity contribution < 1.29 is 9.32 Å². The van der Waals surface area contributed by atoms with Gasteiger partial charge in [0.05, 0.1) is 10.7 Å². The van der Waals surface area contributed by atoms with Crippen molar-refractivity contribution in [3.8, 4) is 11.4 Å². The maximum Gasteiger partial charge on any atom is 0.223 e. The van der Waals surface area contributed by atoms with E-state index in [4.69, 9.17) is 9.51 Å². The molecular formula is C25H25N5O2S. The molecular weight excluding hydrogens is 434 g/mol. The van der Waals surface area contributed by atoms with Gasteiger partial charge in [-0.05, 0) is 49.1 Å². The Hall–Kier alpha value is -3.13. The van der Waals surface area contributed by atoms with E-state index in [9.17, 15) is 4.79 Å². The molecule has 2 aliphatic rings. The summed E-state index contributed by atoms with van der Waals surface area (Å²) >= 11 is 1.65. The fraction of sp³-hybridized carbons (Fsp3) is 0.400. The first-order chi connectivity index (χ1) is 16.2. The van der Waals surface area contributed by atoms with Crippen molar-refractivity contribution in [2.24, 2.45) is 0 Å². The Balaban J connectivity index is 1.30. The molecule has 1 aliphatic carbocycles. The van der Waals surface area contributed by atoms with E-state index >= 15 is 0 Å². The molecule has 2 fully saturated rings. The predicted molar refractivity (Wildman–Crippen MR) is 128 cm³/mol. The number of aromatic nitrogens is 4. The van der Waals surface area contributed by atoms with E-state index < -0.39 is 0 Å². The Kier molecular flexibility index (Phi) is 5.17. The van der Waals surface area contributed by atoms with Gasteiger partial charge in [-0.25, -0.2) is 4.98 Å². The lowest BCUT2D eigenvalue weighted by Crippen LogP contribution is -2.36. The second-order valence-corrected chi connectivity index (χ2v) is 9.93. The van der Waals surface area contributed by atoms with E-state index in [1.54, 1.807) is 18.3 Å². The molecule has 1 aliphatic heterocycles. The largest absolute Gasteiger partial charge is 0.339 e. The number of hydrogen-bond donors (Lipinski definition) is 0. The van der Waals surface area contributed by atoms with Crippen LogP contribution in [0.4, 0.5) is 5.13 Å². The third-order valence-corrected chi connectivity index (χ3v) is 7.69. The Morgan fingerprint density at radius 2 is 2.03 bits per heavy atom. The molecule has 1 atom stereocenters. The number of rotatable bonds is 7. The van der Waals surface area contributed by atoms with Gasteiger partial charge in [0.2, 0.25) is 11.7 Å². The molecule has 8 heteroatoms. The van der Waals surface area contributed by atoms with Crippen molar-refractivity contribution in [1.82, 2.24) is 20.1 Å². The summed E-state index contributed by atoms with van der Waals surface area (Å²) in [5, 5.41) is 5.03. The van der Waals surface area contributed by atoms with Crippen molar-refractivity contribution in [3.05, 3.63) is 53.5 Å². The zero-order chi connectivity index (χ0) is 22.4. The van der Waals surface area contributed by atoms with Gasteiger partial charge in [-0.1, -0.05) is 46.8 Å². The van der Waals surface area contributed by atoms with E-state index in [2.05, 4.69) is 32.2 Å². The van der Waals surface area contributed by atoms with Crippen molar-refractivity contribution in [3.63, 3.8) is 0 Å². The van der Waals surface area contributed by atoms with Crippen LogP contribution in [-0.4, -0.2) is 38.5 Å². The summed E-state index contributed by atoms with van der Waals surface area (Å²) in [6.07, 6.45) is 7.37. The number of fused-ring (bicyclic) bond motifs is 1. The van der Waals surface area contributed by atoms with Gasteiger partial charge in [-0.2, -0.15) is 9.97 Å². The fourth-order valence-corrected chi connectivity index (χ4v) is 6.00. The molecule has 3 aromatic heterocycles. The molecule has 0 N–H and O–H groups in total. The molecule has 168 valence electrons. The van der Waals surface area contributed by atoms with Gasteiger partial charge in [0.1, 0.15) is 0 Å². The molecule has 1 aromatic carbocycles. The van der Waals surface area contributed by atoms with Crippen LogP contribution >= 0.6 is 11.3 Å². The minimum absolute atomic E-state index is 0.0991. The number of ketones is 1. The highest BCUT2D eigenvalue weighted by molar-refractivity contribution is 7.22. The number of aryl methyl sites for hydroxylation is 2. The summed E-state index contributed by atoms with van der Waals surface area (Å²) < 4.78 is 6.31. The van der Waals surface area contributed by atoms with Crippen LogP contribution in [-0.2, 0) is 11.2 Å². The number of pyridine rings is 1.